The molecule has 0 radical (unpaired) electrons. The van der Waals surface area contributed by atoms with Crippen molar-refractivity contribution in [3.63, 3.8) is 0 Å². The molecule has 0 bridgehead atoms. The number of fused-ring (bicyclic) bond motifs is 1. The van der Waals surface area contributed by atoms with Gasteiger partial charge in [0.2, 0.25) is 0 Å². The molecule has 1 aromatic carbocycles. The van der Waals surface area contributed by atoms with Crippen molar-refractivity contribution in [2.45, 2.75) is 0 Å². The summed E-state index contributed by atoms with van der Waals surface area (Å²) in [6.45, 7) is 0. The molecule has 0 saturated heterocycles. The molecule has 0 aliphatic heterocycles. The molecule has 0 amide bonds. The predicted octanol–water partition coefficient (Wildman–Crippen LogP) is 2.07. The highest BCUT2D eigenvalue weighted by molar-refractivity contribution is 14.1. The molecular formula is C9H4FIN2O2. The van der Waals surface area contributed by atoms with Crippen LogP contribution in [0.3, 0.4) is 0 Å². The number of halogens is 2. The summed E-state index contributed by atoms with van der Waals surface area (Å²) in [5.41, 5.74) is 0.0261. The molecule has 2 aromatic rings. The van der Waals surface area contributed by atoms with Crippen LogP contribution in [0.1, 0.15) is 10.4 Å². The molecule has 4 nitrogen and oxygen atoms in total. The van der Waals surface area contributed by atoms with Gasteiger partial charge in [0.05, 0.1) is 5.56 Å². The number of aromatic carboxylic acids is 1. The maximum absolute atomic E-state index is 13.3. The van der Waals surface area contributed by atoms with Crippen LogP contribution >= 0.6 is 22.6 Å². The normalized spacial score (nSPS) is 10.5. The summed E-state index contributed by atoms with van der Waals surface area (Å²) in [6, 6.07) is 3.76. The molecule has 1 N–H and O–H groups in total. The Balaban J connectivity index is 2.88. The van der Waals surface area contributed by atoms with Crippen LogP contribution in [0.15, 0.2) is 18.2 Å². The number of rotatable bonds is 1. The highest BCUT2D eigenvalue weighted by atomic mass is 127. The Hall–Kier alpha value is -1.31. The van der Waals surface area contributed by atoms with Crippen LogP contribution in [-0.2, 0) is 0 Å². The first-order chi connectivity index (χ1) is 7.09. The number of benzene rings is 1. The van der Waals surface area contributed by atoms with Crippen molar-refractivity contribution >= 4 is 39.5 Å². The number of carbonyl (C=O) groups is 1. The average Bonchev–Trinajstić information content (AvgIpc) is 2.19. The molecule has 0 atom stereocenters. The molecule has 0 unspecified atom stereocenters. The molecule has 0 fully saturated rings. The summed E-state index contributed by atoms with van der Waals surface area (Å²) in [6.07, 6.45) is 0. The SMILES string of the molecule is O=C(O)c1ccc(F)c2cc(I)nnc12. The molecule has 1 heterocycles. The Morgan fingerprint density at radius 2 is 2.13 bits per heavy atom. The standard InChI is InChI=1S/C9H4FIN2O2/c10-6-2-1-4(9(14)15)8-5(6)3-7(11)12-13-8/h1-3H,(H,14,15). The van der Waals surface area contributed by atoms with Gasteiger partial charge in [-0.25, -0.2) is 9.18 Å². The van der Waals surface area contributed by atoms with Crippen molar-refractivity contribution in [2.24, 2.45) is 0 Å². The lowest BCUT2D eigenvalue weighted by Gasteiger charge is -2.01. The van der Waals surface area contributed by atoms with Gasteiger partial charge in [0.1, 0.15) is 15.0 Å². The monoisotopic (exact) mass is 318 g/mol. The van der Waals surface area contributed by atoms with Crippen molar-refractivity contribution in [1.29, 1.82) is 0 Å². The van der Waals surface area contributed by atoms with Crippen molar-refractivity contribution in [1.82, 2.24) is 10.2 Å². The van der Waals surface area contributed by atoms with E-state index in [-0.39, 0.29) is 16.5 Å². The zero-order valence-corrected chi connectivity index (χ0v) is 9.40. The smallest absolute Gasteiger partial charge is 0.337 e. The Morgan fingerprint density at radius 3 is 2.80 bits per heavy atom. The average molecular weight is 318 g/mol. The van der Waals surface area contributed by atoms with E-state index in [2.05, 4.69) is 10.2 Å². The lowest BCUT2D eigenvalue weighted by molar-refractivity contribution is 0.0698. The van der Waals surface area contributed by atoms with Crippen molar-refractivity contribution in [3.05, 3.63) is 33.3 Å². The fourth-order valence-electron chi connectivity index (χ4n) is 1.25. The second-order valence-electron chi connectivity index (χ2n) is 2.83. The van der Waals surface area contributed by atoms with Crippen molar-refractivity contribution < 1.29 is 14.3 Å². The van der Waals surface area contributed by atoms with Gasteiger partial charge >= 0.3 is 5.97 Å². The molecule has 15 heavy (non-hydrogen) atoms. The van der Waals surface area contributed by atoms with Gasteiger partial charge in [-0.3, -0.25) is 0 Å². The predicted molar refractivity (Wildman–Crippen MR) is 59.2 cm³/mol. The van der Waals surface area contributed by atoms with E-state index in [1.807, 2.05) is 22.6 Å². The van der Waals surface area contributed by atoms with Crippen LogP contribution < -0.4 is 0 Å². The van der Waals surface area contributed by atoms with E-state index in [1.165, 1.54) is 12.1 Å². The van der Waals surface area contributed by atoms with Gasteiger partial charge < -0.3 is 5.11 Å². The minimum absolute atomic E-state index is 0.0460. The maximum atomic E-state index is 13.3. The summed E-state index contributed by atoms with van der Waals surface area (Å²) in [7, 11) is 0. The number of hydrogen-bond donors (Lipinski definition) is 1. The molecule has 0 aliphatic rings. The number of hydrogen-bond acceptors (Lipinski definition) is 3. The third-order valence-corrected chi connectivity index (χ3v) is 2.43. The van der Waals surface area contributed by atoms with E-state index in [4.69, 9.17) is 5.11 Å². The molecule has 6 heteroatoms. The van der Waals surface area contributed by atoms with E-state index in [0.717, 1.165) is 6.07 Å². The van der Waals surface area contributed by atoms with Gasteiger partial charge in [0.25, 0.3) is 0 Å². The molecule has 2 rings (SSSR count). The molecule has 0 spiro atoms. The summed E-state index contributed by atoms with van der Waals surface area (Å²) in [4.78, 5) is 10.8. The minimum Gasteiger partial charge on any atom is -0.478 e. The first-order valence-corrected chi connectivity index (χ1v) is 5.02. The van der Waals surface area contributed by atoms with Crippen LogP contribution in [0.2, 0.25) is 0 Å². The van der Waals surface area contributed by atoms with Crippen LogP contribution in [0.4, 0.5) is 4.39 Å². The quantitative estimate of drug-likeness (QED) is 0.818. The number of nitrogens with zero attached hydrogens (tertiary/aromatic N) is 2. The van der Waals surface area contributed by atoms with Crippen LogP contribution in [0.25, 0.3) is 10.9 Å². The first-order valence-electron chi connectivity index (χ1n) is 3.94. The molecule has 0 saturated carbocycles. The van der Waals surface area contributed by atoms with Crippen molar-refractivity contribution in [2.75, 3.05) is 0 Å². The third-order valence-electron chi connectivity index (χ3n) is 1.90. The van der Waals surface area contributed by atoms with Gasteiger partial charge in [-0.05, 0) is 40.8 Å². The Kier molecular flexibility index (Phi) is 2.51. The summed E-state index contributed by atoms with van der Waals surface area (Å²) in [5.74, 6) is -1.64. The zero-order valence-electron chi connectivity index (χ0n) is 7.24. The highest BCUT2D eigenvalue weighted by Gasteiger charge is 2.13. The molecule has 1 aromatic heterocycles. The van der Waals surface area contributed by atoms with Crippen LogP contribution in [0, 0.1) is 9.52 Å². The van der Waals surface area contributed by atoms with E-state index in [0.29, 0.717) is 3.70 Å². The fraction of sp³-hybridized carbons (Fsp3) is 0. The van der Waals surface area contributed by atoms with Crippen LogP contribution in [-0.4, -0.2) is 21.3 Å². The minimum atomic E-state index is -1.14. The maximum Gasteiger partial charge on any atom is 0.337 e. The second kappa shape index (κ2) is 3.69. The first kappa shape index (κ1) is 10.2. The second-order valence-corrected chi connectivity index (χ2v) is 3.93. The van der Waals surface area contributed by atoms with Gasteiger partial charge in [-0.1, -0.05) is 0 Å². The summed E-state index contributed by atoms with van der Waals surface area (Å²) in [5, 5.41) is 16.4. The van der Waals surface area contributed by atoms with E-state index in [1.54, 1.807) is 0 Å². The molecule has 0 aliphatic carbocycles. The van der Waals surface area contributed by atoms with E-state index < -0.39 is 11.8 Å². The van der Waals surface area contributed by atoms with Gasteiger partial charge in [-0.15, -0.1) is 10.2 Å². The van der Waals surface area contributed by atoms with Crippen LogP contribution in [0.5, 0.6) is 0 Å². The highest BCUT2D eigenvalue weighted by Crippen LogP contribution is 2.20. The van der Waals surface area contributed by atoms with E-state index >= 15 is 0 Å². The largest absolute Gasteiger partial charge is 0.478 e. The third kappa shape index (κ3) is 1.76. The van der Waals surface area contributed by atoms with Crippen molar-refractivity contribution in [3.8, 4) is 0 Å². The number of aromatic nitrogens is 2. The fourth-order valence-corrected chi connectivity index (χ4v) is 1.67. The van der Waals surface area contributed by atoms with Gasteiger partial charge in [0.15, 0.2) is 0 Å². The lowest BCUT2D eigenvalue weighted by Crippen LogP contribution is -2.01. The molecule has 76 valence electrons. The summed E-state index contributed by atoms with van der Waals surface area (Å²) >= 11 is 1.89. The topological polar surface area (TPSA) is 63.1 Å². The molecular weight excluding hydrogens is 314 g/mol. The lowest BCUT2D eigenvalue weighted by atomic mass is 10.1. The number of carboxylic acid groups (broad SMARTS) is 1. The van der Waals surface area contributed by atoms with Gasteiger partial charge in [-0.2, -0.15) is 0 Å². The Bertz CT molecular complexity index is 559. The Morgan fingerprint density at radius 1 is 1.40 bits per heavy atom. The zero-order chi connectivity index (χ0) is 11.0. The van der Waals surface area contributed by atoms with E-state index in [9.17, 15) is 9.18 Å². The van der Waals surface area contributed by atoms with Gasteiger partial charge in [0, 0.05) is 5.39 Å². The number of carboxylic acids is 1. The Labute approximate surface area is 97.3 Å². The summed E-state index contributed by atoms with van der Waals surface area (Å²) < 4.78 is 13.9.